The fraction of sp³-hybridized carbons (Fsp3) is 1.00. The zero-order chi connectivity index (χ0) is 8.77. The van der Waals surface area contributed by atoms with E-state index < -0.39 is 0 Å². The van der Waals surface area contributed by atoms with Crippen molar-refractivity contribution in [3.8, 4) is 0 Å². The first-order chi connectivity index (χ1) is 5.68. The Bertz CT molecular complexity index is 181. The molecule has 70 valence electrons. The van der Waals surface area contributed by atoms with Crippen LogP contribution in [0.1, 0.15) is 33.1 Å². The summed E-state index contributed by atoms with van der Waals surface area (Å²) in [6.07, 6.45) is 3.79. The summed E-state index contributed by atoms with van der Waals surface area (Å²) in [5.41, 5.74) is 0.179. The molecular weight excluding hydrogens is 150 g/mol. The van der Waals surface area contributed by atoms with E-state index in [9.17, 15) is 5.11 Å². The van der Waals surface area contributed by atoms with E-state index in [1.165, 1.54) is 25.8 Å². The topological polar surface area (TPSA) is 23.5 Å². The van der Waals surface area contributed by atoms with E-state index in [2.05, 4.69) is 18.7 Å². The van der Waals surface area contributed by atoms with Crippen molar-refractivity contribution in [2.75, 3.05) is 13.2 Å². The third-order valence-corrected chi connectivity index (χ3v) is 3.67. The summed E-state index contributed by atoms with van der Waals surface area (Å²) < 4.78 is 0. The Morgan fingerprint density at radius 3 is 2.75 bits per heavy atom. The number of likely N-dealkylation sites (tertiary alicyclic amines) is 1. The molecule has 1 saturated heterocycles. The number of hydrogen-bond donors (Lipinski definition) is 1. The van der Waals surface area contributed by atoms with Gasteiger partial charge in [-0.1, -0.05) is 0 Å². The molecule has 12 heavy (non-hydrogen) atoms. The maximum Gasteiger partial charge on any atom is 0.0615 e. The highest BCUT2D eigenvalue weighted by Crippen LogP contribution is 2.46. The summed E-state index contributed by atoms with van der Waals surface area (Å²) in [6.45, 7) is 6.05. The first-order valence-corrected chi connectivity index (χ1v) is 5.05. The minimum atomic E-state index is 0.179. The summed E-state index contributed by atoms with van der Waals surface area (Å²) in [5.74, 6) is 0.875. The lowest BCUT2D eigenvalue weighted by Gasteiger charge is -2.40. The quantitative estimate of drug-likeness (QED) is 0.672. The average Bonchev–Trinajstić information content (AvgIpc) is 2.60. The molecule has 2 unspecified atom stereocenters. The fourth-order valence-electron chi connectivity index (χ4n) is 3.10. The molecule has 1 heterocycles. The Hall–Kier alpha value is -0.0800. The van der Waals surface area contributed by atoms with Gasteiger partial charge < -0.3 is 5.11 Å². The van der Waals surface area contributed by atoms with Gasteiger partial charge in [-0.15, -0.1) is 0 Å². The van der Waals surface area contributed by atoms with Crippen LogP contribution in [0.3, 0.4) is 0 Å². The second-order valence-electron chi connectivity index (χ2n) is 4.74. The van der Waals surface area contributed by atoms with Gasteiger partial charge in [0, 0.05) is 18.1 Å². The van der Waals surface area contributed by atoms with Crippen LogP contribution in [0.5, 0.6) is 0 Å². The van der Waals surface area contributed by atoms with Crippen molar-refractivity contribution in [1.29, 1.82) is 0 Å². The standard InChI is InChI=1S/C10H19NO/c1-8(2)11-6-9-3-4-10(11,5-9)7-12/h8-9,12H,3-7H2,1-2H3. The summed E-state index contributed by atoms with van der Waals surface area (Å²) in [4.78, 5) is 2.50. The van der Waals surface area contributed by atoms with Crippen LogP contribution in [-0.2, 0) is 0 Å². The van der Waals surface area contributed by atoms with Crippen molar-refractivity contribution in [3.05, 3.63) is 0 Å². The zero-order valence-corrected chi connectivity index (χ0v) is 8.08. The molecule has 1 aliphatic carbocycles. The molecule has 0 aromatic rings. The summed E-state index contributed by atoms with van der Waals surface area (Å²) in [5, 5.41) is 9.42. The number of hydrogen-bond acceptors (Lipinski definition) is 2. The van der Waals surface area contributed by atoms with Gasteiger partial charge in [-0.05, 0) is 39.0 Å². The van der Waals surface area contributed by atoms with E-state index >= 15 is 0 Å². The molecule has 0 radical (unpaired) electrons. The Morgan fingerprint density at radius 2 is 2.33 bits per heavy atom. The van der Waals surface area contributed by atoms with E-state index in [1.54, 1.807) is 0 Å². The number of fused-ring (bicyclic) bond motifs is 2. The van der Waals surface area contributed by atoms with Crippen LogP contribution in [0.4, 0.5) is 0 Å². The second kappa shape index (κ2) is 2.71. The van der Waals surface area contributed by atoms with Gasteiger partial charge in [0.15, 0.2) is 0 Å². The van der Waals surface area contributed by atoms with Crippen molar-refractivity contribution in [3.63, 3.8) is 0 Å². The van der Waals surface area contributed by atoms with Gasteiger partial charge in [-0.25, -0.2) is 0 Å². The smallest absolute Gasteiger partial charge is 0.0615 e. The molecule has 1 saturated carbocycles. The first-order valence-electron chi connectivity index (χ1n) is 5.05. The summed E-state index contributed by atoms with van der Waals surface area (Å²) in [6, 6.07) is 0.599. The van der Waals surface area contributed by atoms with Crippen molar-refractivity contribution in [2.45, 2.75) is 44.7 Å². The number of piperidine rings is 1. The molecule has 2 heteroatoms. The largest absolute Gasteiger partial charge is 0.394 e. The number of rotatable bonds is 2. The van der Waals surface area contributed by atoms with Gasteiger partial charge >= 0.3 is 0 Å². The molecule has 2 fully saturated rings. The van der Waals surface area contributed by atoms with Crippen LogP contribution in [0.25, 0.3) is 0 Å². The van der Waals surface area contributed by atoms with E-state index in [4.69, 9.17) is 0 Å². The molecule has 2 aliphatic rings. The highest BCUT2D eigenvalue weighted by molar-refractivity contribution is 5.05. The Balaban J connectivity index is 2.17. The Kier molecular flexibility index (Phi) is 1.92. The van der Waals surface area contributed by atoms with E-state index in [0.717, 1.165) is 5.92 Å². The zero-order valence-electron chi connectivity index (χ0n) is 8.08. The molecular formula is C10H19NO. The molecule has 2 bridgehead atoms. The van der Waals surface area contributed by atoms with E-state index in [0.29, 0.717) is 12.6 Å². The maximum absolute atomic E-state index is 9.42. The van der Waals surface area contributed by atoms with Crippen LogP contribution in [0.15, 0.2) is 0 Å². The van der Waals surface area contributed by atoms with Gasteiger partial charge in [-0.2, -0.15) is 0 Å². The van der Waals surface area contributed by atoms with Gasteiger partial charge in [-0.3, -0.25) is 4.90 Å². The molecule has 0 aromatic heterocycles. The highest BCUT2D eigenvalue weighted by atomic mass is 16.3. The van der Waals surface area contributed by atoms with Crippen LogP contribution in [0, 0.1) is 5.92 Å². The fourth-order valence-corrected chi connectivity index (χ4v) is 3.10. The Labute approximate surface area is 74.6 Å². The molecule has 2 atom stereocenters. The van der Waals surface area contributed by atoms with Crippen molar-refractivity contribution < 1.29 is 5.11 Å². The maximum atomic E-state index is 9.42. The van der Waals surface area contributed by atoms with Gasteiger partial charge in [0.05, 0.1) is 6.61 Å². The van der Waals surface area contributed by atoms with Gasteiger partial charge in [0.2, 0.25) is 0 Å². The first kappa shape index (κ1) is 8.52. The lowest BCUT2D eigenvalue weighted by Crippen LogP contribution is -2.50. The molecule has 0 spiro atoms. The normalized spacial score (nSPS) is 41.5. The highest BCUT2D eigenvalue weighted by Gasteiger charge is 2.50. The third kappa shape index (κ3) is 1.01. The molecule has 2 nitrogen and oxygen atoms in total. The number of aliphatic hydroxyl groups excluding tert-OH is 1. The SMILES string of the molecule is CC(C)N1CC2CCC1(CO)C2. The van der Waals surface area contributed by atoms with Crippen LogP contribution >= 0.6 is 0 Å². The molecule has 1 aliphatic heterocycles. The third-order valence-electron chi connectivity index (χ3n) is 3.67. The number of nitrogens with zero attached hydrogens (tertiary/aromatic N) is 1. The molecule has 2 rings (SSSR count). The molecule has 0 amide bonds. The minimum absolute atomic E-state index is 0.179. The minimum Gasteiger partial charge on any atom is -0.394 e. The number of aliphatic hydroxyl groups is 1. The summed E-state index contributed by atoms with van der Waals surface area (Å²) in [7, 11) is 0. The van der Waals surface area contributed by atoms with Crippen LogP contribution < -0.4 is 0 Å². The van der Waals surface area contributed by atoms with Gasteiger partial charge in [0.1, 0.15) is 0 Å². The van der Waals surface area contributed by atoms with Gasteiger partial charge in [0.25, 0.3) is 0 Å². The lowest BCUT2D eigenvalue weighted by atomic mass is 9.97. The second-order valence-corrected chi connectivity index (χ2v) is 4.74. The predicted octanol–water partition coefficient (Wildman–Crippen LogP) is 1.24. The predicted molar refractivity (Wildman–Crippen MR) is 49.0 cm³/mol. The van der Waals surface area contributed by atoms with Crippen molar-refractivity contribution in [1.82, 2.24) is 4.90 Å². The lowest BCUT2D eigenvalue weighted by molar-refractivity contribution is 0.0306. The average molecular weight is 169 g/mol. The van der Waals surface area contributed by atoms with Crippen molar-refractivity contribution >= 4 is 0 Å². The van der Waals surface area contributed by atoms with E-state index in [1.807, 2.05) is 0 Å². The Morgan fingerprint density at radius 1 is 1.58 bits per heavy atom. The summed E-state index contributed by atoms with van der Waals surface area (Å²) >= 11 is 0. The monoisotopic (exact) mass is 169 g/mol. The van der Waals surface area contributed by atoms with E-state index in [-0.39, 0.29) is 5.54 Å². The molecule has 1 N–H and O–H groups in total. The van der Waals surface area contributed by atoms with Crippen LogP contribution in [0.2, 0.25) is 0 Å². The van der Waals surface area contributed by atoms with Crippen LogP contribution in [-0.4, -0.2) is 34.7 Å². The van der Waals surface area contributed by atoms with Crippen molar-refractivity contribution in [2.24, 2.45) is 5.92 Å². The molecule has 0 aromatic carbocycles.